The van der Waals surface area contributed by atoms with E-state index in [1.807, 2.05) is 104 Å². The van der Waals surface area contributed by atoms with Crippen LogP contribution in [-0.2, 0) is 19.3 Å². The number of benzene rings is 4. The Morgan fingerprint density at radius 2 is 0.692 bits per heavy atom. The maximum Gasteiger partial charge on any atom is 0.122 e. The van der Waals surface area contributed by atoms with Crippen LogP contribution in [0.2, 0.25) is 0 Å². The Morgan fingerprint density at radius 1 is 0.385 bits per heavy atom. The highest BCUT2D eigenvalue weighted by molar-refractivity contribution is 5.56. The first-order valence-electron chi connectivity index (χ1n) is 13.7. The number of phenols is 4. The van der Waals surface area contributed by atoms with Gasteiger partial charge < -0.3 is 20.4 Å². The zero-order valence-electron chi connectivity index (χ0n) is 24.5. The molecule has 4 rings (SSSR count). The lowest BCUT2D eigenvalue weighted by atomic mass is 9.89. The molecular formula is C35H42O4. The van der Waals surface area contributed by atoms with E-state index in [4.69, 9.17) is 0 Å². The summed E-state index contributed by atoms with van der Waals surface area (Å²) in [5, 5.41) is 43.9. The molecule has 4 aromatic rings. The predicted octanol–water partition coefficient (Wildman–Crippen LogP) is 8.16. The lowest BCUT2D eigenvalue weighted by Crippen LogP contribution is -2.02. The van der Waals surface area contributed by atoms with Gasteiger partial charge in [-0.3, -0.25) is 0 Å². The highest BCUT2D eigenvalue weighted by Crippen LogP contribution is 2.37. The van der Waals surface area contributed by atoms with Crippen LogP contribution in [-0.4, -0.2) is 20.4 Å². The van der Waals surface area contributed by atoms with E-state index in [0.717, 1.165) is 61.2 Å². The number of rotatable bonds is 6. The minimum absolute atomic E-state index is 0.189. The monoisotopic (exact) mass is 526 g/mol. The molecule has 0 aliphatic carbocycles. The lowest BCUT2D eigenvalue weighted by molar-refractivity contribution is 0.453. The fraction of sp³-hybridized carbons (Fsp3) is 0.314. The Morgan fingerprint density at radius 3 is 1.13 bits per heavy atom. The maximum atomic E-state index is 11.3. The molecule has 0 aliphatic rings. The summed E-state index contributed by atoms with van der Waals surface area (Å²) in [6.45, 7) is 15.6. The van der Waals surface area contributed by atoms with Crippen LogP contribution >= 0.6 is 0 Å². The molecule has 39 heavy (non-hydrogen) atoms. The molecule has 0 radical (unpaired) electrons. The third-order valence-corrected chi connectivity index (χ3v) is 7.81. The molecule has 0 atom stereocenters. The summed E-state index contributed by atoms with van der Waals surface area (Å²) in [7, 11) is 0. The number of aryl methyl sites for hydroxylation is 5. The van der Waals surface area contributed by atoms with Gasteiger partial charge in [0, 0.05) is 36.0 Å². The molecule has 0 unspecified atom stereocenters. The molecule has 4 nitrogen and oxygen atoms in total. The second-order valence-electron chi connectivity index (χ2n) is 10.3. The highest BCUT2D eigenvalue weighted by atomic mass is 16.3. The first-order valence-corrected chi connectivity index (χ1v) is 13.7. The second-order valence-corrected chi connectivity index (χ2v) is 10.3. The minimum Gasteiger partial charge on any atom is -0.507 e. The van der Waals surface area contributed by atoms with E-state index < -0.39 is 0 Å². The minimum atomic E-state index is 0.189. The summed E-state index contributed by atoms with van der Waals surface area (Å²) >= 11 is 0. The van der Waals surface area contributed by atoms with Gasteiger partial charge in [-0.15, -0.1) is 0 Å². The topological polar surface area (TPSA) is 80.9 Å². The molecule has 4 N–H and O–H groups in total. The summed E-state index contributed by atoms with van der Waals surface area (Å²) in [5.74, 6) is 0.902. The number of aromatic hydroxyl groups is 4. The quantitative estimate of drug-likeness (QED) is 0.204. The van der Waals surface area contributed by atoms with Crippen LogP contribution < -0.4 is 0 Å². The van der Waals surface area contributed by atoms with Gasteiger partial charge in [-0.2, -0.15) is 0 Å². The Balaban J connectivity index is 0.00000205. The van der Waals surface area contributed by atoms with Crippen molar-refractivity contribution in [1.82, 2.24) is 0 Å². The first-order chi connectivity index (χ1) is 18.5. The molecule has 206 valence electrons. The highest BCUT2D eigenvalue weighted by Gasteiger charge is 2.19. The molecular weight excluding hydrogens is 484 g/mol. The van der Waals surface area contributed by atoms with Crippen molar-refractivity contribution in [2.45, 2.75) is 74.7 Å². The molecule has 0 saturated heterocycles. The van der Waals surface area contributed by atoms with E-state index in [1.165, 1.54) is 0 Å². The zero-order chi connectivity index (χ0) is 29.0. The van der Waals surface area contributed by atoms with Gasteiger partial charge in [0.15, 0.2) is 0 Å². The van der Waals surface area contributed by atoms with E-state index >= 15 is 0 Å². The van der Waals surface area contributed by atoms with E-state index in [0.29, 0.717) is 24.8 Å². The second kappa shape index (κ2) is 12.3. The van der Waals surface area contributed by atoms with Crippen LogP contribution in [0.5, 0.6) is 23.0 Å². The van der Waals surface area contributed by atoms with Crippen molar-refractivity contribution < 1.29 is 20.4 Å². The van der Waals surface area contributed by atoms with Crippen molar-refractivity contribution in [1.29, 1.82) is 0 Å². The van der Waals surface area contributed by atoms with E-state index in [1.54, 1.807) is 0 Å². The van der Waals surface area contributed by atoms with Crippen LogP contribution in [0.1, 0.15) is 80.6 Å². The average Bonchev–Trinajstić information content (AvgIpc) is 2.92. The first kappa shape index (κ1) is 29.6. The molecule has 0 bridgehead atoms. The van der Waals surface area contributed by atoms with Gasteiger partial charge in [0.1, 0.15) is 23.0 Å². The van der Waals surface area contributed by atoms with Crippen molar-refractivity contribution in [3.63, 3.8) is 0 Å². The third-order valence-electron chi connectivity index (χ3n) is 7.81. The van der Waals surface area contributed by atoms with Gasteiger partial charge in [0.05, 0.1) is 0 Å². The van der Waals surface area contributed by atoms with Gasteiger partial charge in [0.2, 0.25) is 0 Å². The van der Waals surface area contributed by atoms with Crippen LogP contribution in [0.3, 0.4) is 0 Å². The molecule has 0 aliphatic heterocycles. The van der Waals surface area contributed by atoms with E-state index in [-0.39, 0.29) is 23.0 Å². The molecule has 0 saturated carbocycles. The Labute approximate surface area is 233 Å². The van der Waals surface area contributed by atoms with Gasteiger partial charge in [-0.1, -0.05) is 62.4 Å². The molecule has 0 spiro atoms. The Kier molecular flexibility index (Phi) is 9.34. The van der Waals surface area contributed by atoms with Gasteiger partial charge in [0.25, 0.3) is 0 Å². The van der Waals surface area contributed by atoms with Crippen LogP contribution in [0.4, 0.5) is 0 Å². The van der Waals surface area contributed by atoms with Gasteiger partial charge in [-0.25, -0.2) is 0 Å². The summed E-state index contributed by atoms with van der Waals surface area (Å²) in [4.78, 5) is 0. The van der Waals surface area contributed by atoms with Crippen LogP contribution in [0.25, 0.3) is 0 Å². The molecule has 0 heterocycles. The average molecular weight is 527 g/mol. The summed E-state index contributed by atoms with van der Waals surface area (Å²) in [5.41, 5.74) is 10.1. The van der Waals surface area contributed by atoms with Gasteiger partial charge >= 0.3 is 0 Å². The predicted molar refractivity (Wildman–Crippen MR) is 161 cm³/mol. The SMILES string of the molecule is CC.Cc1ccc(Cc2c(C)ccc(Cc3c(C)ccc(Cc4c(C)ccc(C)c4O)c3O)c2O)c(O)c1C. The van der Waals surface area contributed by atoms with E-state index in [2.05, 4.69) is 0 Å². The third kappa shape index (κ3) is 6.06. The van der Waals surface area contributed by atoms with Crippen molar-refractivity contribution in [2.24, 2.45) is 0 Å². The van der Waals surface area contributed by atoms with Gasteiger partial charge in [-0.05, 0) is 91.6 Å². The van der Waals surface area contributed by atoms with Crippen molar-refractivity contribution in [3.05, 3.63) is 115 Å². The Hall–Kier alpha value is -3.92. The van der Waals surface area contributed by atoms with E-state index in [9.17, 15) is 20.4 Å². The van der Waals surface area contributed by atoms with Crippen molar-refractivity contribution in [3.8, 4) is 23.0 Å². The number of phenolic OH excluding ortho intramolecular Hbond substituents is 4. The molecule has 4 heteroatoms. The maximum absolute atomic E-state index is 11.3. The lowest BCUT2D eigenvalue weighted by Gasteiger charge is -2.18. The summed E-state index contributed by atoms with van der Waals surface area (Å²) in [6, 6.07) is 15.5. The van der Waals surface area contributed by atoms with Crippen LogP contribution in [0, 0.1) is 41.5 Å². The zero-order valence-corrected chi connectivity index (χ0v) is 24.5. The number of hydrogen-bond donors (Lipinski definition) is 4. The fourth-order valence-electron chi connectivity index (χ4n) is 4.95. The molecule has 4 aromatic carbocycles. The Bertz CT molecular complexity index is 1500. The van der Waals surface area contributed by atoms with Crippen molar-refractivity contribution in [2.75, 3.05) is 0 Å². The molecule has 0 fully saturated rings. The van der Waals surface area contributed by atoms with Crippen LogP contribution in [0.15, 0.2) is 48.5 Å². The summed E-state index contributed by atoms with van der Waals surface area (Å²) < 4.78 is 0. The standard InChI is InChI=1S/C33H36O4.C2H6/c1-18-9-12-24(31(35)23(18)6)15-28-20(3)11-14-26(33(28)37)17-29-21(4)10-13-25(32(29)36)16-27-19(2)7-8-22(5)30(27)34;1-2/h7-14,34-37H,15-17H2,1-6H3;1-2H3. The largest absolute Gasteiger partial charge is 0.507 e. The molecule has 0 amide bonds. The van der Waals surface area contributed by atoms with Crippen molar-refractivity contribution >= 4 is 0 Å². The number of hydrogen-bond acceptors (Lipinski definition) is 4. The summed E-state index contributed by atoms with van der Waals surface area (Å²) in [6.07, 6.45) is 1.19. The smallest absolute Gasteiger partial charge is 0.122 e. The fourth-order valence-corrected chi connectivity index (χ4v) is 4.95. The molecule has 0 aromatic heterocycles. The normalized spacial score (nSPS) is 10.8.